The lowest BCUT2D eigenvalue weighted by Crippen LogP contribution is -2.04. The summed E-state index contributed by atoms with van der Waals surface area (Å²) in [7, 11) is 0. The number of carbonyl (C=O) groups is 1. The summed E-state index contributed by atoms with van der Waals surface area (Å²) < 4.78 is 12.7. The molecule has 12 heavy (non-hydrogen) atoms. The van der Waals surface area contributed by atoms with Gasteiger partial charge in [0.15, 0.2) is 0 Å². The number of carboxylic acid groups (broad SMARTS) is 1. The maximum absolute atomic E-state index is 12.7. The molecule has 0 amide bonds. The van der Waals surface area contributed by atoms with Crippen molar-refractivity contribution in [2.75, 3.05) is 0 Å². The largest absolute Gasteiger partial charge is 0.478 e. The van der Waals surface area contributed by atoms with Crippen LogP contribution in [0.15, 0.2) is 6.07 Å². The zero-order chi connectivity index (χ0) is 9.30. The predicted molar refractivity (Wildman–Crippen MR) is 40.6 cm³/mol. The fraction of sp³-hybridized carbons (Fsp3) is 0.250. The van der Waals surface area contributed by atoms with Crippen molar-refractivity contribution in [3.63, 3.8) is 0 Å². The molecule has 0 aliphatic rings. The molecule has 4 heteroatoms. The van der Waals surface area contributed by atoms with Gasteiger partial charge in [-0.05, 0) is 19.9 Å². The Hall–Kier alpha value is -1.45. The Bertz CT molecular complexity index is 336. The lowest BCUT2D eigenvalue weighted by atomic mass is 10.1. The minimum absolute atomic E-state index is 0.0499. The lowest BCUT2D eigenvalue weighted by molar-refractivity contribution is 0.0695. The number of nitrogens with zero attached hydrogens (tertiary/aromatic N) is 1. The Labute approximate surface area is 68.9 Å². The van der Waals surface area contributed by atoms with Crippen LogP contribution in [0.1, 0.15) is 21.6 Å². The Balaban J connectivity index is 3.33. The Morgan fingerprint density at radius 1 is 1.58 bits per heavy atom. The smallest absolute Gasteiger partial charge is 0.337 e. The second-order valence-corrected chi connectivity index (χ2v) is 2.53. The topological polar surface area (TPSA) is 50.2 Å². The SMILES string of the molecule is Cc1cc(C(=O)O)c(C)nc1F. The average Bonchev–Trinajstić information content (AvgIpc) is 1.96. The molecular formula is C8H8FNO2. The Kier molecular flexibility index (Phi) is 2.08. The van der Waals surface area contributed by atoms with E-state index in [0.29, 0.717) is 0 Å². The fourth-order valence-corrected chi connectivity index (χ4v) is 0.893. The average molecular weight is 169 g/mol. The van der Waals surface area contributed by atoms with Crippen LogP contribution in [0.5, 0.6) is 0 Å². The second-order valence-electron chi connectivity index (χ2n) is 2.53. The van der Waals surface area contributed by atoms with E-state index in [9.17, 15) is 9.18 Å². The molecule has 0 aliphatic carbocycles. The number of aromatic carboxylic acids is 1. The highest BCUT2D eigenvalue weighted by Gasteiger charge is 2.10. The normalized spacial score (nSPS) is 9.92. The van der Waals surface area contributed by atoms with Crippen LogP contribution in [0.25, 0.3) is 0 Å². The molecule has 0 aliphatic heterocycles. The van der Waals surface area contributed by atoms with E-state index >= 15 is 0 Å². The van der Waals surface area contributed by atoms with Crippen LogP contribution in [0.4, 0.5) is 4.39 Å². The molecule has 0 fully saturated rings. The van der Waals surface area contributed by atoms with Gasteiger partial charge >= 0.3 is 5.97 Å². The molecule has 1 aromatic heterocycles. The molecule has 1 rings (SSSR count). The van der Waals surface area contributed by atoms with Crippen molar-refractivity contribution in [3.05, 3.63) is 28.8 Å². The number of aromatic nitrogens is 1. The van der Waals surface area contributed by atoms with Crippen LogP contribution in [0, 0.1) is 19.8 Å². The number of halogens is 1. The molecule has 1 aromatic rings. The van der Waals surface area contributed by atoms with E-state index in [4.69, 9.17) is 5.11 Å². The third kappa shape index (κ3) is 1.42. The summed E-state index contributed by atoms with van der Waals surface area (Å²) in [5.74, 6) is -1.69. The Morgan fingerprint density at radius 2 is 2.17 bits per heavy atom. The lowest BCUT2D eigenvalue weighted by Gasteiger charge is -2.01. The first-order chi connectivity index (χ1) is 5.52. The van der Waals surface area contributed by atoms with Gasteiger partial charge in [0.05, 0.1) is 11.3 Å². The van der Waals surface area contributed by atoms with Crippen molar-refractivity contribution in [2.45, 2.75) is 13.8 Å². The number of carboxylic acids is 1. The van der Waals surface area contributed by atoms with Crippen molar-refractivity contribution in [1.82, 2.24) is 4.98 Å². The third-order valence-electron chi connectivity index (χ3n) is 1.57. The van der Waals surface area contributed by atoms with Gasteiger partial charge in [-0.15, -0.1) is 0 Å². The molecule has 64 valence electrons. The van der Waals surface area contributed by atoms with Gasteiger partial charge in [0.2, 0.25) is 5.95 Å². The van der Waals surface area contributed by atoms with Crippen LogP contribution in [-0.2, 0) is 0 Å². The van der Waals surface area contributed by atoms with Crippen molar-refractivity contribution in [2.24, 2.45) is 0 Å². The molecule has 1 N–H and O–H groups in total. The van der Waals surface area contributed by atoms with E-state index in [1.807, 2.05) is 0 Å². The van der Waals surface area contributed by atoms with Crippen LogP contribution >= 0.6 is 0 Å². The van der Waals surface area contributed by atoms with Crippen molar-refractivity contribution in [1.29, 1.82) is 0 Å². The summed E-state index contributed by atoms with van der Waals surface area (Å²) in [6, 6.07) is 1.28. The first-order valence-electron chi connectivity index (χ1n) is 3.39. The van der Waals surface area contributed by atoms with E-state index in [1.54, 1.807) is 0 Å². The zero-order valence-electron chi connectivity index (χ0n) is 6.76. The van der Waals surface area contributed by atoms with Crippen LogP contribution in [0.3, 0.4) is 0 Å². The Morgan fingerprint density at radius 3 is 2.67 bits per heavy atom. The van der Waals surface area contributed by atoms with Crippen LogP contribution in [-0.4, -0.2) is 16.1 Å². The first-order valence-corrected chi connectivity index (χ1v) is 3.39. The molecule has 0 saturated heterocycles. The van der Waals surface area contributed by atoms with Gasteiger partial charge in [0, 0.05) is 5.56 Å². The highest BCUT2D eigenvalue weighted by molar-refractivity contribution is 5.88. The summed E-state index contributed by atoms with van der Waals surface area (Å²) in [6.07, 6.45) is 0. The number of aryl methyl sites for hydroxylation is 2. The number of hydrogen-bond acceptors (Lipinski definition) is 2. The first kappa shape index (κ1) is 8.64. The zero-order valence-corrected chi connectivity index (χ0v) is 6.76. The molecule has 0 aromatic carbocycles. The maximum Gasteiger partial charge on any atom is 0.337 e. The molecule has 0 radical (unpaired) electrons. The quantitative estimate of drug-likeness (QED) is 0.648. The minimum Gasteiger partial charge on any atom is -0.478 e. The van der Waals surface area contributed by atoms with E-state index < -0.39 is 11.9 Å². The van der Waals surface area contributed by atoms with Crippen LogP contribution in [0.2, 0.25) is 0 Å². The molecule has 0 unspecified atom stereocenters. The number of hydrogen-bond donors (Lipinski definition) is 1. The minimum atomic E-state index is -1.08. The fourth-order valence-electron chi connectivity index (χ4n) is 0.893. The summed E-state index contributed by atoms with van der Waals surface area (Å²) in [5, 5.41) is 8.62. The predicted octanol–water partition coefficient (Wildman–Crippen LogP) is 1.54. The van der Waals surface area contributed by atoms with Gasteiger partial charge in [0.1, 0.15) is 0 Å². The number of pyridine rings is 1. The van der Waals surface area contributed by atoms with Gasteiger partial charge in [-0.1, -0.05) is 0 Å². The summed E-state index contributed by atoms with van der Waals surface area (Å²) in [6.45, 7) is 2.94. The van der Waals surface area contributed by atoms with E-state index in [-0.39, 0.29) is 16.8 Å². The van der Waals surface area contributed by atoms with Gasteiger partial charge in [-0.25, -0.2) is 9.78 Å². The summed E-state index contributed by atoms with van der Waals surface area (Å²) in [4.78, 5) is 14.0. The van der Waals surface area contributed by atoms with Crippen molar-refractivity contribution in [3.8, 4) is 0 Å². The monoisotopic (exact) mass is 169 g/mol. The molecule has 0 atom stereocenters. The second kappa shape index (κ2) is 2.89. The number of rotatable bonds is 1. The molecule has 0 saturated carbocycles. The molecule has 0 spiro atoms. The summed E-state index contributed by atoms with van der Waals surface area (Å²) in [5.41, 5.74) is 0.498. The third-order valence-corrected chi connectivity index (χ3v) is 1.57. The highest BCUT2D eigenvalue weighted by atomic mass is 19.1. The molecule has 3 nitrogen and oxygen atoms in total. The van der Waals surface area contributed by atoms with E-state index in [1.165, 1.54) is 19.9 Å². The van der Waals surface area contributed by atoms with Crippen molar-refractivity contribution < 1.29 is 14.3 Å². The van der Waals surface area contributed by atoms with Crippen molar-refractivity contribution >= 4 is 5.97 Å². The van der Waals surface area contributed by atoms with Crippen LogP contribution < -0.4 is 0 Å². The van der Waals surface area contributed by atoms with Gasteiger partial charge < -0.3 is 5.11 Å². The summed E-state index contributed by atoms with van der Waals surface area (Å²) >= 11 is 0. The van der Waals surface area contributed by atoms with E-state index in [0.717, 1.165) is 0 Å². The van der Waals surface area contributed by atoms with E-state index in [2.05, 4.69) is 4.98 Å². The molecular weight excluding hydrogens is 161 g/mol. The molecule has 0 bridgehead atoms. The molecule has 1 heterocycles. The van der Waals surface area contributed by atoms with Gasteiger partial charge in [0.25, 0.3) is 0 Å². The van der Waals surface area contributed by atoms with Gasteiger partial charge in [-0.3, -0.25) is 0 Å². The highest BCUT2D eigenvalue weighted by Crippen LogP contribution is 2.10. The van der Waals surface area contributed by atoms with Gasteiger partial charge in [-0.2, -0.15) is 4.39 Å². The maximum atomic E-state index is 12.7. The standard InChI is InChI=1S/C8H8FNO2/c1-4-3-6(8(11)12)5(2)10-7(4)9/h3H,1-2H3,(H,11,12).